The van der Waals surface area contributed by atoms with Gasteiger partial charge in [-0.25, -0.2) is 13.1 Å². The fourth-order valence-electron chi connectivity index (χ4n) is 3.43. The third kappa shape index (κ3) is 5.88. The van der Waals surface area contributed by atoms with E-state index in [4.69, 9.17) is 4.74 Å². The van der Waals surface area contributed by atoms with Gasteiger partial charge in [0, 0.05) is 18.7 Å². The molecule has 2 aromatic rings. The van der Waals surface area contributed by atoms with E-state index in [9.17, 15) is 13.2 Å². The number of ether oxygens (including phenoxy) is 1. The summed E-state index contributed by atoms with van der Waals surface area (Å²) in [6.07, 6.45) is 3.43. The Morgan fingerprint density at radius 2 is 1.97 bits per heavy atom. The summed E-state index contributed by atoms with van der Waals surface area (Å²) in [4.78, 5) is 12.9. The van der Waals surface area contributed by atoms with Crippen molar-refractivity contribution in [3.05, 3.63) is 65.7 Å². The average Bonchev–Trinajstić information content (AvgIpc) is 3.26. The average molecular weight is 417 g/mol. The van der Waals surface area contributed by atoms with E-state index in [-0.39, 0.29) is 29.5 Å². The summed E-state index contributed by atoms with van der Waals surface area (Å²) in [5, 5.41) is 3.03. The van der Waals surface area contributed by atoms with Crippen molar-refractivity contribution >= 4 is 15.9 Å². The van der Waals surface area contributed by atoms with E-state index in [2.05, 4.69) is 17.0 Å². The van der Waals surface area contributed by atoms with Crippen LogP contribution in [0.1, 0.15) is 54.6 Å². The van der Waals surface area contributed by atoms with Gasteiger partial charge >= 0.3 is 0 Å². The van der Waals surface area contributed by atoms with E-state index in [0.29, 0.717) is 12.2 Å². The lowest BCUT2D eigenvalue weighted by Gasteiger charge is -2.19. The Balaban J connectivity index is 1.71. The van der Waals surface area contributed by atoms with Crippen molar-refractivity contribution < 1.29 is 17.9 Å². The second kappa shape index (κ2) is 10.0. The molecule has 156 valence electrons. The van der Waals surface area contributed by atoms with Gasteiger partial charge in [0.25, 0.3) is 5.91 Å². The summed E-state index contributed by atoms with van der Waals surface area (Å²) in [6, 6.07) is 15.8. The van der Waals surface area contributed by atoms with Crippen LogP contribution in [0.3, 0.4) is 0 Å². The second-order valence-corrected chi connectivity index (χ2v) is 9.01. The number of rotatable bonds is 9. The maximum Gasteiger partial charge on any atom is 0.251 e. The number of hydrogen-bond donors (Lipinski definition) is 2. The summed E-state index contributed by atoms with van der Waals surface area (Å²) >= 11 is 0. The summed E-state index contributed by atoms with van der Waals surface area (Å²) < 4.78 is 33.3. The highest BCUT2D eigenvalue weighted by Crippen LogP contribution is 2.20. The standard InChI is InChI=1S/C22H28N2O4S/c1-2-8-21(17-9-4-3-5-10-17)24-22(25)18-11-6-13-20(15-18)29(26,27)23-16-19-12-7-14-28-19/h3-6,9-11,13,15,19,21,23H,2,7-8,12,14,16H2,1H3,(H,24,25). The van der Waals surface area contributed by atoms with E-state index >= 15 is 0 Å². The van der Waals surface area contributed by atoms with Crippen molar-refractivity contribution in [3.8, 4) is 0 Å². The number of amides is 1. The predicted molar refractivity (Wildman–Crippen MR) is 112 cm³/mol. The monoisotopic (exact) mass is 416 g/mol. The highest BCUT2D eigenvalue weighted by atomic mass is 32.2. The first kappa shape index (κ1) is 21.5. The molecule has 2 unspecified atom stereocenters. The van der Waals surface area contributed by atoms with Crippen LogP contribution in [0.15, 0.2) is 59.5 Å². The van der Waals surface area contributed by atoms with Crippen LogP contribution < -0.4 is 10.0 Å². The molecule has 1 amide bonds. The molecular weight excluding hydrogens is 388 g/mol. The minimum atomic E-state index is -3.70. The lowest BCUT2D eigenvalue weighted by molar-refractivity contribution is 0.0934. The van der Waals surface area contributed by atoms with Gasteiger partial charge < -0.3 is 10.1 Å². The molecule has 1 fully saturated rings. The molecule has 6 nitrogen and oxygen atoms in total. The second-order valence-electron chi connectivity index (χ2n) is 7.24. The molecule has 1 aliphatic heterocycles. The van der Waals surface area contributed by atoms with Crippen LogP contribution in [-0.2, 0) is 14.8 Å². The van der Waals surface area contributed by atoms with E-state index in [1.165, 1.54) is 12.1 Å². The molecule has 2 atom stereocenters. The first-order valence-electron chi connectivity index (χ1n) is 10.1. The van der Waals surface area contributed by atoms with Gasteiger partial charge in [0.2, 0.25) is 10.0 Å². The minimum absolute atomic E-state index is 0.0786. The van der Waals surface area contributed by atoms with Crippen LogP contribution in [0.4, 0.5) is 0 Å². The summed E-state index contributed by atoms with van der Waals surface area (Å²) in [5.74, 6) is -0.288. The molecular formula is C22H28N2O4S. The Morgan fingerprint density at radius 3 is 2.66 bits per heavy atom. The highest BCUT2D eigenvalue weighted by molar-refractivity contribution is 7.89. The molecule has 1 aliphatic rings. The van der Waals surface area contributed by atoms with E-state index in [1.807, 2.05) is 30.3 Å². The lowest BCUT2D eigenvalue weighted by atomic mass is 10.0. The SMILES string of the molecule is CCCC(NC(=O)c1cccc(S(=O)(=O)NCC2CCCO2)c1)c1ccccc1. The summed E-state index contributed by atoms with van der Waals surface area (Å²) in [5.41, 5.74) is 1.35. The van der Waals surface area contributed by atoms with Crippen molar-refractivity contribution in [2.75, 3.05) is 13.2 Å². The summed E-state index contributed by atoms with van der Waals surface area (Å²) in [7, 11) is -3.70. The highest BCUT2D eigenvalue weighted by Gasteiger charge is 2.22. The molecule has 2 aromatic carbocycles. The largest absolute Gasteiger partial charge is 0.377 e. The fourth-order valence-corrected chi connectivity index (χ4v) is 4.55. The van der Waals surface area contributed by atoms with Crippen molar-refractivity contribution in [3.63, 3.8) is 0 Å². The van der Waals surface area contributed by atoms with Gasteiger partial charge in [-0.15, -0.1) is 0 Å². The van der Waals surface area contributed by atoms with Gasteiger partial charge in [-0.2, -0.15) is 0 Å². The zero-order chi connectivity index (χ0) is 20.7. The van der Waals surface area contributed by atoms with Crippen LogP contribution in [0.2, 0.25) is 0 Å². The molecule has 3 rings (SSSR count). The Morgan fingerprint density at radius 1 is 1.17 bits per heavy atom. The van der Waals surface area contributed by atoms with Crippen LogP contribution in [0, 0.1) is 0 Å². The summed E-state index contributed by atoms with van der Waals surface area (Å²) in [6.45, 7) is 2.97. The predicted octanol–water partition coefficient (Wildman–Crippen LogP) is 3.42. The quantitative estimate of drug-likeness (QED) is 0.656. The first-order valence-corrected chi connectivity index (χ1v) is 11.5. The number of sulfonamides is 1. The van der Waals surface area contributed by atoms with Crippen LogP contribution >= 0.6 is 0 Å². The fraction of sp³-hybridized carbons (Fsp3) is 0.409. The van der Waals surface area contributed by atoms with E-state index in [1.54, 1.807) is 12.1 Å². The van der Waals surface area contributed by atoms with E-state index in [0.717, 1.165) is 31.2 Å². The van der Waals surface area contributed by atoms with Crippen molar-refractivity contribution in [1.29, 1.82) is 0 Å². The van der Waals surface area contributed by atoms with Gasteiger partial charge in [0.1, 0.15) is 0 Å². The molecule has 0 spiro atoms. The Labute approximate surface area is 172 Å². The molecule has 0 saturated carbocycles. The molecule has 1 heterocycles. The zero-order valence-corrected chi connectivity index (χ0v) is 17.5. The van der Waals surface area contributed by atoms with Gasteiger partial charge in [0.15, 0.2) is 0 Å². The molecule has 0 aromatic heterocycles. The van der Waals surface area contributed by atoms with Gasteiger partial charge in [-0.1, -0.05) is 49.7 Å². The molecule has 7 heteroatoms. The van der Waals surface area contributed by atoms with Crippen LogP contribution in [0.5, 0.6) is 0 Å². The van der Waals surface area contributed by atoms with Crippen LogP contribution in [0.25, 0.3) is 0 Å². The minimum Gasteiger partial charge on any atom is -0.377 e. The smallest absolute Gasteiger partial charge is 0.251 e. The Hall–Kier alpha value is -2.22. The maximum atomic E-state index is 12.8. The lowest BCUT2D eigenvalue weighted by Crippen LogP contribution is -2.32. The number of carbonyl (C=O) groups excluding carboxylic acids is 1. The van der Waals surface area contributed by atoms with Crippen molar-refractivity contribution in [2.24, 2.45) is 0 Å². The number of carbonyl (C=O) groups is 1. The maximum absolute atomic E-state index is 12.8. The first-order chi connectivity index (χ1) is 14.0. The zero-order valence-electron chi connectivity index (χ0n) is 16.6. The van der Waals surface area contributed by atoms with Crippen LogP contribution in [-0.4, -0.2) is 33.6 Å². The van der Waals surface area contributed by atoms with Gasteiger partial charge in [-0.3, -0.25) is 4.79 Å². The number of nitrogens with one attached hydrogen (secondary N) is 2. The molecule has 29 heavy (non-hydrogen) atoms. The Bertz CT molecular complexity index is 909. The molecule has 2 N–H and O–H groups in total. The molecule has 0 radical (unpaired) electrons. The third-order valence-electron chi connectivity index (χ3n) is 5.02. The molecule has 0 aliphatic carbocycles. The topological polar surface area (TPSA) is 84.5 Å². The number of benzene rings is 2. The van der Waals surface area contributed by atoms with Gasteiger partial charge in [0.05, 0.1) is 17.0 Å². The Kier molecular flexibility index (Phi) is 7.41. The van der Waals surface area contributed by atoms with Gasteiger partial charge in [-0.05, 0) is 43.0 Å². The normalized spacial score (nSPS) is 17.8. The molecule has 1 saturated heterocycles. The van der Waals surface area contributed by atoms with Crippen molar-refractivity contribution in [2.45, 2.75) is 49.6 Å². The third-order valence-corrected chi connectivity index (χ3v) is 6.44. The molecule has 0 bridgehead atoms. The van der Waals surface area contributed by atoms with E-state index < -0.39 is 10.0 Å². The number of hydrogen-bond acceptors (Lipinski definition) is 4. The van der Waals surface area contributed by atoms with Crippen molar-refractivity contribution in [1.82, 2.24) is 10.0 Å².